The maximum absolute atomic E-state index is 12.1. The summed E-state index contributed by atoms with van der Waals surface area (Å²) in [6.45, 7) is 5.33. The molecule has 2 atom stereocenters. The van der Waals surface area contributed by atoms with Crippen LogP contribution in [0.2, 0.25) is 0 Å². The van der Waals surface area contributed by atoms with Gasteiger partial charge in [0.25, 0.3) is 0 Å². The number of nitrogens with two attached hydrogens (primary N) is 1. The van der Waals surface area contributed by atoms with Gasteiger partial charge in [0, 0.05) is 26.2 Å². The molecule has 1 aliphatic rings. The highest BCUT2D eigenvalue weighted by molar-refractivity contribution is 7.89. The van der Waals surface area contributed by atoms with Crippen molar-refractivity contribution >= 4 is 10.0 Å². The van der Waals surface area contributed by atoms with E-state index in [4.69, 9.17) is 10.5 Å². The Kier molecular flexibility index (Phi) is 5.17. The molecule has 0 radical (unpaired) electrons. The molecule has 1 rings (SSSR count). The third-order valence-corrected chi connectivity index (χ3v) is 5.32. The maximum atomic E-state index is 12.1. The molecule has 2 unspecified atom stereocenters. The van der Waals surface area contributed by atoms with Gasteiger partial charge in [-0.25, -0.2) is 8.42 Å². The normalized spacial score (nSPS) is 23.9. The highest BCUT2D eigenvalue weighted by Gasteiger charge is 2.29. The average Bonchev–Trinajstić information content (AvgIpc) is 2.76. The lowest BCUT2D eigenvalue weighted by Gasteiger charge is -2.26. The van der Waals surface area contributed by atoms with E-state index in [1.807, 2.05) is 6.92 Å². The monoisotopic (exact) mass is 250 g/mol. The van der Waals surface area contributed by atoms with E-state index < -0.39 is 15.3 Å². The Hall–Kier alpha value is -0.170. The van der Waals surface area contributed by atoms with Gasteiger partial charge >= 0.3 is 0 Å². The summed E-state index contributed by atoms with van der Waals surface area (Å²) in [5.74, 6) is 0. The van der Waals surface area contributed by atoms with Crippen LogP contribution in [0.1, 0.15) is 26.7 Å². The molecule has 0 saturated carbocycles. The standard InChI is InChI=1S/C10H22N2O3S/c1-3-12(8-10-5-4-6-15-10)16(13,14)9(2)7-11/h9-10H,3-8,11H2,1-2H3. The Morgan fingerprint density at radius 3 is 2.69 bits per heavy atom. The first-order chi connectivity index (χ1) is 7.52. The van der Waals surface area contributed by atoms with Gasteiger partial charge in [-0.1, -0.05) is 6.92 Å². The van der Waals surface area contributed by atoms with Gasteiger partial charge in [0.1, 0.15) is 0 Å². The minimum Gasteiger partial charge on any atom is -0.377 e. The molecule has 0 aromatic rings. The van der Waals surface area contributed by atoms with Crippen molar-refractivity contribution < 1.29 is 13.2 Å². The second kappa shape index (κ2) is 5.95. The van der Waals surface area contributed by atoms with Crippen LogP contribution < -0.4 is 5.73 Å². The number of hydrogen-bond acceptors (Lipinski definition) is 4. The molecular weight excluding hydrogens is 228 g/mol. The predicted octanol–water partition coefficient (Wildman–Crippen LogP) is 0.164. The summed E-state index contributed by atoms with van der Waals surface area (Å²) in [6.07, 6.45) is 2.03. The summed E-state index contributed by atoms with van der Waals surface area (Å²) in [7, 11) is -3.26. The van der Waals surface area contributed by atoms with Crippen LogP contribution in [-0.2, 0) is 14.8 Å². The van der Waals surface area contributed by atoms with Crippen LogP contribution in [0.15, 0.2) is 0 Å². The summed E-state index contributed by atoms with van der Waals surface area (Å²) in [4.78, 5) is 0. The van der Waals surface area contributed by atoms with E-state index in [-0.39, 0.29) is 12.6 Å². The van der Waals surface area contributed by atoms with Gasteiger partial charge in [-0.15, -0.1) is 0 Å². The van der Waals surface area contributed by atoms with Crippen LogP contribution in [0.25, 0.3) is 0 Å². The van der Waals surface area contributed by atoms with Crippen molar-refractivity contribution in [3.63, 3.8) is 0 Å². The molecular formula is C10H22N2O3S. The minimum atomic E-state index is -3.26. The van der Waals surface area contributed by atoms with Crippen molar-refractivity contribution in [2.45, 2.75) is 38.0 Å². The largest absolute Gasteiger partial charge is 0.377 e. The van der Waals surface area contributed by atoms with Gasteiger partial charge in [-0.05, 0) is 19.8 Å². The molecule has 1 aliphatic heterocycles. The Balaban J connectivity index is 2.65. The summed E-state index contributed by atoms with van der Waals surface area (Å²) >= 11 is 0. The van der Waals surface area contributed by atoms with Crippen molar-refractivity contribution in [3.8, 4) is 0 Å². The number of ether oxygens (including phenoxy) is 1. The van der Waals surface area contributed by atoms with Crippen LogP contribution in [0.3, 0.4) is 0 Å². The van der Waals surface area contributed by atoms with Gasteiger partial charge in [0.2, 0.25) is 10.0 Å². The Labute approximate surface area is 98.0 Å². The van der Waals surface area contributed by atoms with Crippen molar-refractivity contribution in [1.29, 1.82) is 0 Å². The second-order valence-electron chi connectivity index (χ2n) is 4.18. The van der Waals surface area contributed by atoms with Crippen LogP contribution in [-0.4, -0.2) is 50.3 Å². The van der Waals surface area contributed by atoms with Gasteiger partial charge in [0.05, 0.1) is 11.4 Å². The quantitative estimate of drug-likeness (QED) is 0.729. The van der Waals surface area contributed by atoms with Gasteiger partial charge in [0.15, 0.2) is 0 Å². The number of sulfonamides is 1. The third-order valence-electron chi connectivity index (χ3n) is 2.98. The molecule has 96 valence electrons. The molecule has 0 spiro atoms. The molecule has 1 heterocycles. The molecule has 0 aromatic carbocycles. The number of rotatable bonds is 6. The maximum Gasteiger partial charge on any atom is 0.218 e. The fourth-order valence-corrected chi connectivity index (χ4v) is 3.29. The summed E-state index contributed by atoms with van der Waals surface area (Å²) in [5.41, 5.74) is 5.42. The van der Waals surface area contributed by atoms with E-state index in [1.165, 1.54) is 4.31 Å². The predicted molar refractivity (Wildman–Crippen MR) is 63.7 cm³/mol. The first-order valence-electron chi connectivity index (χ1n) is 5.83. The van der Waals surface area contributed by atoms with E-state index in [2.05, 4.69) is 0 Å². The Bertz CT molecular complexity index is 299. The topological polar surface area (TPSA) is 72.6 Å². The first-order valence-corrected chi connectivity index (χ1v) is 7.33. The lowest BCUT2D eigenvalue weighted by Crippen LogP contribution is -2.44. The minimum absolute atomic E-state index is 0.0553. The van der Waals surface area contributed by atoms with Gasteiger partial charge < -0.3 is 10.5 Å². The molecule has 0 amide bonds. The Morgan fingerprint density at radius 2 is 2.25 bits per heavy atom. The molecule has 0 aromatic heterocycles. The molecule has 0 bridgehead atoms. The van der Waals surface area contributed by atoms with Crippen LogP contribution in [0.4, 0.5) is 0 Å². The summed E-state index contributed by atoms with van der Waals surface area (Å²) in [6, 6.07) is 0. The van der Waals surface area contributed by atoms with Crippen LogP contribution in [0, 0.1) is 0 Å². The lowest BCUT2D eigenvalue weighted by atomic mass is 10.2. The van der Waals surface area contributed by atoms with E-state index in [1.54, 1.807) is 6.92 Å². The lowest BCUT2D eigenvalue weighted by molar-refractivity contribution is 0.0945. The zero-order chi connectivity index (χ0) is 12.2. The average molecular weight is 250 g/mol. The SMILES string of the molecule is CCN(CC1CCCO1)S(=O)(=O)C(C)CN. The number of likely N-dealkylation sites (N-methyl/N-ethyl adjacent to an activating group) is 1. The van der Waals surface area contributed by atoms with Gasteiger partial charge in [-0.3, -0.25) is 0 Å². The smallest absolute Gasteiger partial charge is 0.218 e. The van der Waals surface area contributed by atoms with E-state index in [9.17, 15) is 8.42 Å². The van der Waals surface area contributed by atoms with E-state index >= 15 is 0 Å². The molecule has 1 saturated heterocycles. The van der Waals surface area contributed by atoms with Crippen LogP contribution >= 0.6 is 0 Å². The highest BCUT2D eigenvalue weighted by Crippen LogP contribution is 2.16. The molecule has 2 N–H and O–H groups in total. The fraction of sp³-hybridized carbons (Fsp3) is 1.00. The molecule has 1 fully saturated rings. The zero-order valence-electron chi connectivity index (χ0n) is 10.1. The number of nitrogens with zero attached hydrogens (tertiary/aromatic N) is 1. The van der Waals surface area contributed by atoms with Crippen molar-refractivity contribution in [3.05, 3.63) is 0 Å². The fourth-order valence-electron chi connectivity index (χ4n) is 1.80. The van der Waals surface area contributed by atoms with E-state index in [0.29, 0.717) is 13.1 Å². The molecule has 0 aliphatic carbocycles. The second-order valence-corrected chi connectivity index (χ2v) is 6.53. The van der Waals surface area contributed by atoms with Gasteiger partial charge in [-0.2, -0.15) is 4.31 Å². The Morgan fingerprint density at radius 1 is 1.56 bits per heavy atom. The summed E-state index contributed by atoms with van der Waals surface area (Å²) < 4.78 is 31.1. The highest BCUT2D eigenvalue weighted by atomic mass is 32.2. The van der Waals surface area contributed by atoms with Crippen molar-refractivity contribution in [2.24, 2.45) is 5.73 Å². The first kappa shape index (κ1) is 13.9. The zero-order valence-corrected chi connectivity index (χ0v) is 10.9. The third kappa shape index (κ3) is 3.16. The molecule has 6 heteroatoms. The van der Waals surface area contributed by atoms with Crippen LogP contribution in [0.5, 0.6) is 0 Å². The van der Waals surface area contributed by atoms with E-state index in [0.717, 1.165) is 19.4 Å². The number of hydrogen-bond donors (Lipinski definition) is 1. The molecule has 5 nitrogen and oxygen atoms in total. The van der Waals surface area contributed by atoms with Crippen molar-refractivity contribution in [1.82, 2.24) is 4.31 Å². The van der Waals surface area contributed by atoms with Crippen molar-refractivity contribution in [2.75, 3.05) is 26.2 Å². The molecule has 16 heavy (non-hydrogen) atoms. The summed E-state index contributed by atoms with van der Waals surface area (Å²) in [5, 5.41) is -0.520.